The van der Waals surface area contributed by atoms with Crippen molar-refractivity contribution in [1.82, 2.24) is 4.57 Å². The number of anilines is 1. The SMILES string of the molecule is Cc1ccc(NC(=O)[C@@H](C)OC(=O)c2cc(C)n(C3CC3)c2C)cc1F. The predicted octanol–water partition coefficient (Wildman–Crippen LogP) is 4.07. The van der Waals surface area contributed by atoms with Gasteiger partial charge in [-0.15, -0.1) is 0 Å². The Kier molecular flexibility index (Phi) is 4.85. The molecule has 1 heterocycles. The van der Waals surface area contributed by atoms with Crippen molar-refractivity contribution in [2.45, 2.75) is 52.7 Å². The second-order valence-electron chi connectivity index (χ2n) is 6.89. The van der Waals surface area contributed by atoms with Gasteiger partial charge >= 0.3 is 5.97 Å². The van der Waals surface area contributed by atoms with Crippen molar-refractivity contribution in [3.8, 4) is 0 Å². The fourth-order valence-corrected chi connectivity index (χ4v) is 3.07. The Balaban J connectivity index is 1.66. The molecule has 6 heteroatoms. The van der Waals surface area contributed by atoms with Crippen LogP contribution in [-0.2, 0) is 9.53 Å². The highest BCUT2D eigenvalue weighted by Crippen LogP contribution is 2.38. The Hall–Kier alpha value is -2.63. The van der Waals surface area contributed by atoms with Gasteiger partial charge in [0.25, 0.3) is 5.91 Å². The number of esters is 1. The van der Waals surface area contributed by atoms with Gasteiger partial charge in [-0.05, 0) is 64.3 Å². The number of carbonyl (C=O) groups is 2. The molecule has 0 radical (unpaired) electrons. The highest BCUT2D eigenvalue weighted by atomic mass is 19.1. The maximum Gasteiger partial charge on any atom is 0.340 e. The van der Waals surface area contributed by atoms with Gasteiger partial charge < -0.3 is 14.6 Å². The minimum atomic E-state index is -0.990. The van der Waals surface area contributed by atoms with Crippen LogP contribution in [0.25, 0.3) is 0 Å². The number of ether oxygens (including phenoxy) is 1. The predicted molar refractivity (Wildman–Crippen MR) is 96.8 cm³/mol. The summed E-state index contributed by atoms with van der Waals surface area (Å²) in [5, 5.41) is 2.56. The maximum absolute atomic E-state index is 13.6. The zero-order valence-electron chi connectivity index (χ0n) is 15.4. The van der Waals surface area contributed by atoms with Crippen LogP contribution in [0.5, 0.6) is 0 Å². The monoisotopic (exact) mass is 358 g/mol. The molecule has 1 fully saturated rings. The van der Waals surface area contributed by atoms with E-state index in [1.54, 1.807) is 25.1 Å². The van der Waals surface area contributed by atoms with Crippen molar-refractivity contribution in [2.24, 2.45) is 0 Å². The number of amides is 1. The molecule has 3 rings (SSSR count). The highest BCUT2D eigenvalue weighted by Gasteiger charge is 2.29. The number of rotatable bonds is 5. The number of benzene rings is 1. The van der Waals surface area contributed by atoms with Gasteiger partial charge in [0, 0.05) is 23.1 Å². The number of hydrogen-bond donors (Lipinski definition) is 1. The molecule has 138 valence electrons. The first-order valence-corrected chi connectivity index (χ1v) is 8.74. The number of aromatic nitrogens is 1. The van der Waals surface area contributed by atoms with Crippen LogP contribution in [0.3, 0.4) is 0 Å². The molecular formula is C20H23FN2O3. The van der Waals surface area contributed by atoms with Crippen LogP contribution in [0.2, 0.25) is 0 Å². The lowest BCUT2D eigenvalue weighted by molar-refractivity contribution is -0.123. The van der Waals surface area contributed by atoms with Gasteiger partial charge in [0.05, 0.1) is 5.56 Å². The van der Waals surface area contributed by atoms with Crippen LogP contribution in [-0.4, -0.2) is 22.5 Å². The fourth-order valence-electron chi connectivity index (χ4n) is 3.07. The van der Waals surface area contributed by atoms with E-state index < -0.39 is 23.8 Å². The Bertz CT molecular complexity index is 868. The van der Waals surface area contributed by atoms with Crippen molar-refractivity contribution in [2.75, 3.05) is 5.32 Å². The smallest absolute Gasteiger partial charge is 0.340 e. The lowest BCUT2D eigenvalue weighted by Gasteiger charge is -2.14. The molecule has 1 N–H and O–H groups in total. The summed E-state index contributed by atoms with van der Waals surface area (Å²) in [6.45, 7) is 6.99. The molecule has 0 unspecified atom stereocenters. The molecule has 26 heavy (non-hydrogen) atoms. The van der Waals surface area contributed by atoms with Crippen LogP contribution >= 0.6 is 0 Å². The first kappa shape index (κ1) is 18.2. The standard InChI is InChI=1S/C20H23FN2O3/c1-11-5-6-15(10-18(11)21)22-19(24)14(4)26-20(25)17-9-12(2)23(13(17)3)16-7-8-16/h5-6,9-10,14,16H,7-8H2,1-4H3,(H,22,24)/t14-/m1/s1. The van der Waals surface area contributed by atoms with Crippen LogP contribution in [0, 0.1) is 26.6 Å². The van der Waals surface area contributed by atoms with Gasteiger partial charge in [0.15, 0.2) is 6.10 Å². The molecular weight excluding hydrogens is 335 g/mol. The second kappa shape index (κ2) is 6.94. The Morgan fingerprint density at radius 1 is 1.23 bits per heavy atom. The van der Waals surface area contributed by atoms with E-state index in [1.807, 2.05) is 13.8 Å². The summed E-state index contributed by atoms with van der Waals surface area (Å²) in [6, 6.07) is 6.69. The summed E-state index contributed by atoms with van der Waals surface area (Å²) in [5.41, 5.74) is 3.18. The molecule has 1 aliphatic rings. The van der Waals surface area contributed by atoms with Gasteiger partial charge in [-0.1, -0.05) is 6.07 Å². The number of nitrogens with zero attached hydrogens (tertiary/aromatic N) is 1. The summed E-state index contributed by atoms with van der Waals surface area (Å²) in [6.07, 6.45) is 1.25. The van der Waals surface area contributed by atoms with Gasteiger partial charge in [0.1, 0.15) is 5.82 Å². The molecule has 1 amide bonds. The molecule has 5 nitrogen and oxygen atoms in total. The Morgan fingerprint density at radius 3 is 2.54 bits per heavy atom. The topological polar surface area (TPSA) is 60.3 Å². The van der Waals surface area contributed by atoms with Gasteiger partial charge in [0.2, 0.25) is 0 Å². The van der Waals surface area contributed by atoms with E-state index >= 15 is 0 Å². The van der Waals surface area contributed by atoms with Crippen molar-refractivity contribution < 1.29 is 18.7 Å². The fraction of sp³-hybridized carbons (Fsp3) is 0.400. The zero-order valence-corrected chi connectivity index (χ0v) is 15.4. The van der Waals surface area contributed by atoms with E-state index in [0.29, 0.717) is 22.9 Å². The molecule has 1 aromatic heterocycles. The number of carbonyl (C=O) groups excluding carboxylic acids is 2. The van der Waals surface area contributed by atoms with Crippen molar-refractivity contribution in [3.63, 3.8) is 0 Å². The van der Waals surface area contributed by atoms with E-state index in [9.17, 15) is 14.0 Å². The number of halogens is 1. The Labute approximate surface area is 152 Å². The van der Waals surface area contributed by atoms with E-state index in [0.717, 1.165) is 24.2 Å². The maximum atomic E-state index is 13.6. The molecule has 1 atom stereocenters. The molecule has 2 aromatic rings. The van der Waals surface area contributed by atoms with E-state index in [4.69, 9.17) is 4.74 Å². The minimum absolute atomic E-state index is 0.327. The molecule has 1 saturated carbocycles. The van der Waals surface area contributed by atoms with Crippen molar-refractivity contribution in [3.05, 3.63) is 52.6 Å². The summed E-state index contributed by atoms with van der Waals surface area (Å²) < 4.78 is 21.0. The number of hydrogen-bond acceptors (Lipinski definition) is 3. The van der Waals surface area contributed by atoms with Crippen LogP contribution < -0.4 is 5.32 Å². The van der Waals surface area contributed by atoms with Crippen molar-refractivity contribution >= 4 is 17.6 Å². The lowest BCUT2D eigenvalue weighted by Crippen LogP contribution is -2.30. The van der Waals surface area contributed by atoms with Crippen LogP contribution in [0.4, 0.5) is 10.1 Å². The minimum Gasteiger partial charge on any atom is -0.449 e. The van der Waals surface area contributed by atoms with Gasteiger partial charge in [-0.25, -0.2) is 9.18 Å². The Morgan fingerprint density at radius 2 is 1.92 bits per heavy atom. The third-order valence-electron chi connectivity index (χ3n) is 4.71. The summed E-state index contributed by atoms with van der Waals surface area (Å²) in [7, 11) is 0. The third-order valence-corrected chi connectivity index (χ3v) is 4.71. The average molecular weight is 358 g/mol. The van der Waals surface area contributed by atoms with Crippen LogP contribution in [0.1, 0.15) is 53.1 Å². The average Bonchev–Trinajstić information content (AvgIpc) is 3.36. The summed E-state index contributed by atoms with van der Waals surface area (Å²) >= 11 is 0. The molecule has 0 spiro atoms. The lowest BCUT2D eigenvalue weighted by atomic mass is 10.2. The molecule has 1 aliphatic carbocycles. The zero-order chi connectivity index (χ0) is 19.0. The first-order valence-electron chi connectivity index (χ1n) is 8.74. The molecule has 0 aliphatic heterocycles. The molecule has 0 saturated heterocycles. The number of nitrogens with one attached hydrogen (secondary N) is 1. The second-order valence-corrected chi connectivity index (χ2v) is 6.89. The van der Waals surface area contributed by atoms with Crippen molar-refractivity contribution in [1.29, 1.82) is 0 Å². The highest BCUT2D eigenvalue weighted by molar-refractivity contribution is 5.97. The van der Waals surface area contributed by atoms with E-state index in [1.165, 1.54) is 13.0 Å². The van der Waals surface area contributed by atoms with Gasteiger partial charge in [-0.2, -0.15) is 0 Å². The van der Waals surface area contributed by atoms with E-state index in [2.05, 4.69) is 9.88 Å². The third kappa shape index (κ3) is 3.64. The summed E-state index contributed by atoms with van der Waals surface area (Å²) in [4.78, 5) is 24.7. The summed E-state index contributed by atoms with van der Waals surface area (Å²) in [5.74, 6) is -1.43. The van der Waals surface area contributed by atoms with E-state index in [-0.39, 0.29) is 0 Å². The van der Waals surface area contributed by atoms with Crippen LogP contribution in [0.15, 0.2) is 24.3 Å². The van der Waals surface area contributed by atoms with Gasteiger partial charge in [-0.3, -0.25) is 4.79 Å². The largest absolute Gasteiger partial charge is 0.449 e. The first-order chi connectivity index (χ1) is 12.3. The number of aryl methyl sites for hydroxylation is 2. The normalized spacial score (nSPS) is 14.8. The quantitative estimate of drug-likeness (QED) is 0.820. The molecule has 0 bridgehead atoms. The molecule has 1 aromatic carbocycles.